The van der Waals surface area contributed by atoms with Gasteiger partial charge in [-0.25, -0.2) is 0 Å². The maximum atomic E-state index is 5.61. The summed E-state index contributed by atoms with van der Waals surface area (Å²) in [6, 6.07) is 8.77. The summed E-state index contributed by atoms with van der Waals surface area (Å²) in [5, 5.41) is 0. The van der Waals surface area contributed by atoms with Gasteiger partial charge < -0.3 is 0 Å². The molecule has 0 saturated heterocycles. The third-order valence-corrected chi connectivity index (χ3v) is 3.68. The number of thioether (sulfide) groups is 1. The van der Waals surface area contributed by atoms with Crippen LogP contribution >= 0.6 is 11.8 Å². The van der Waals surface area contributed by atoms with Gasteiger partial charge in [0.05, 0.1) is 0 Å². The molecule has 3 heteroatoms. The van der Waals surface area contributed by atoms with E-state index in [1.165, 1.54) is 16.0 Å². The van der Waals surface area contributed by atoms with Crippen LogP contribution in [-0.2, 0) is 0 Å². The summed E-state index contributed by atoms with van der Waals surface area (Å²) < 4.78 is 0. The predicted octanol–water partition coefficient (Wildman–Crippen LogP) is 3.66. The molecule has 0 amide bonds. The zero-order valence-electron chi connectivity index (χ0n) is 10.7. The molecule has 17 heavy (non-hydrogen) atoms. The highest BCUT2D eigenvalue weighted by molar-refractivity contribution is 7.99. The van der Waals surface area contributed by atoms with Gasteiger partial charge in [-0.1, -0.05) is 38.1 Å². The lowest BCUT2D eigenvalue weighted by Gasteiger charge is -2.17. The van der Waals surface area contributed by atoms with Gasteiger partial charge in [0, 0.05) is 10.9 Å². The molecule has 0 fully saturated rings. The molecule has 0 aliphatic heterocycles. The molecule has 0 aliphatic rings. The third kappa shape index (κ3) is 4.54. The van der Waals surface area contributed by atoms with Crippen LogP contribution in [0, 0.1) is 0 Å². The van der Waals surface area contributed by atoms with Crippen molar-refractivity contribution in [1.29, 1.82) is 0 Å². The molecule has 1 rings (SSSR count). The summed E-state index contributed by atoms with van der Waals surface area (Å²) in [7, 11) is 0. The molecule has 0 heterocycles. The van der Waals surface area contributed by atoms with Gasteiger partial charge >= 0.3 is 0 Å². The minimum Gasteiger partial charge on any atom is -0.271 e. The van der Waals surface area contributed by atoms with E-state index in [1.54, 1.807) is 0 Å². The SMILES string of the molecule is C=C(CC)CC(NN)c1ccc(SCC)cc1. The molecular weight excluding hydrogens is 228 g/mol. The Morgan fingerprint density at radius 2 is 2.00 bits per heavy atom. The minimum absolute atomic E-state index is 0.170. The van der Waals surface area contributed by atoms with Crippen LogP contribution in [0.25, 0.3) is 0 Å². The van der Waals surface area contributed by atoms with Crippen LogP contribution in [0.5, 0.6) is 0 Å². The molecular formula is C14H22N2S. The topological polar surface area (TPSA) is 38.0 Å². The van der Waals surface area contributed by atoms with Crippen LogP contribution in [0.2, 0.25) is 0 Å². The normalized spacial score (nSPS) is 12.4. The average molecular weight is 250 g/mol. The zero-order chi connectivity index (χ0) is 12.7. The van der Waals surface area contributed by atoms with E-state index >= 15 is 0 Å². The number of hydrazine groups is 1. The van der Waals surface area contributed by atoms with Gasteiger partial charge in [0.15, 0.2) is 0 Å². The van der Waals surface area contributed by atoms with E-state index in [0.29, 0.717) is 0 Å². The fourth-order valence-corrected chi connectivity index (χ4v) is 2.33. The summed E-state index contributed by atoms with van der Waals surface area (Å²) >= 11 is 1.85. The Bertz CT molecular complexity index is 346. The second-order valence-corrected chi connectivity index (χ2v) is 5.37. The average Bonchev–Trinajstić information content (AvgIpc) is 2.37. The van der Waals surface area contributed by atoms with Gasteiger partial charge in [-0.3, -0.25) is 11.3 Å². The predicted molar refractivity (Wildman–Crippen MR) is 77.0 cm³/mol. The van der Waals surface area contributed by atoms with Crippen LogP contribution in [0.1, 0.15) is 38.3 Å². The first kappa shape index (κ1) is 14.3. The Balaban J connectivity index is 2.71. The second-order valence-electron chi connectivity index (χ2n) is 4.03. The fourth-order valence-electron chi connectivity index (χ4n) is 1.67. The van der Waals surface area contributed by atoms with E-state index < -0.39 is 0 Å². The second kappa shape index (κ2) is 7.54. The monoisotopic (exact) mass is 250 g/mol. The van der Waals surface area contributed by atoms with E-state index in [0.717, 1.165) is 18.6 Å². The molecule has 0 saturated carbocycles. The zero-order valence-corrected chi connectivity index (χ0v) is 11.5. The lowest BCUT2D eigenvalue weighted by molar-refractivity contribution is 0.544. The van der Waals surface area contributed by atoms with Gasteiger partial charge in [0.25, 0.3) is 0 Å². The standard InChI is InChI=1S/C14H22N2S/c1-4-11(3)10-14(16-15)12-6-8-13(9-7-12)17-5-2/h6-9,14,16H,3-5,10,15H2,1-2H3. The molecule has 0 aliphatic carbocycles. The third-order valence-electron chi connectivity index (χ3n) is 2.79. The van der Waals surface area contributed by atoms with Crippen molar-refractivity contribution < 1.29 is 0 Å². The summed E-state index contributed by atoms with van der Waals surface area (Å²) in [5.74, 6) is 6.71. The Hall–Kier alpha value is -0.770. The fraction of sp³-hybridized carbons (Fsp3) is 0.429. The van der Waals surface area contributed by atoms with Crippen molar-refractivity contribution in [1.82, 2.24) is 5.43 Å². The first-order valence-electron chi connectivity index (χ1n) is 6.06. The smallest absolute Gasteiger partial charge is 0.0496 e. The molecule has 1 unspecified atom stereocenters. The van der Waals surface area contributed by atoms with Gasteiger partial charge in [-0.2, -0.15) is 0 Å². The highest BCUT2D eigenvalue weighted by Gasteiger charge is 2.10. The molecule has 0 bridgehead atoms. The van der Waals surface area contributed by atoms with Gasteiger partial charge in [0.1, 0.15) is 0 Å². The number of hydrogen-bond donors (Lipinski definition) is 2. The molecule has 0 aromatic heterocycles. The molecule has 1 aromatic carbocycles. The summed E-state index contributed by atoms with van der Waals surface area (Å²) in [5.41, 5.74) is 5.31. The van der Waals surface area contributed by atoms with Gasteiger partial charge in [-0.05, 0) is 36.3 Å². The highest BCUT2D eigenvalue weighted by Crippen LogP contribution is 2.24. The Kier molecular flexibility index (Phi) is 6.34. The first-order chi connectivity index (χ1) is 8.21. The van der Waals surface area contributed by atoms with E-state index in [2.05, 4.69) is 50.1 Å². The highest BCUT2D eigenvalue weighted by atomic mass is 32.2. The molecule has 0 radical (unpaired) electrons. The number of rotatable bonds is 7. The Morgan fingerprint density at radius 3 is 2.47 bits per heavy atom. The summed E-state index contributed by atoms with van der Waals surface area (Å²) in [4.78, 5) is 1.31. The molecule has 1 aromatic rings. The lowest BCUT2D eigenvalue weighted by atomic mass is 9.99. The lowest BCUT2D eigenvalue weighted by Crippen LogP contribution is -2.28. The van der Waals surface area contributed by atoms with Crippen molar-refractivity contribution in [2.45, 2.75) is 37.6 Å². The Labute approximate surface area is 109 Å². The van der Waals surface area contributed by atoms with Crippen LogP contribution < -0.4 is 11.3 Å². The van der Waals surface area contributed by atoms with Crippen LogP contribution in [0.4, 0.5) is 0 Å². The largest absolute Gasteiger partial charge is 0.271 e. The molecule has 94 valence electrons. The maximum Gasteiger partial charge on any atom is 0.0496 e. The summed E-state index contributed by atoms with van der Waals surface area (Å²) in [6.45, 7) is 8.32. The summed E-state index contributed by atoms with van der Waals surface area (Å²) in [6.07, 6.45) is 1.90. The van der Waals surface area contributed by atoms with Gasteiger partial charge in [0.2, 0.25) is 0 Å². The van der Waals surface area contributed by atoms with E-state index in [4.69, 9.17) is 5.84 Å². The van der Waals surface area contributed by atoms with Crippen molar-refractivity contribution in [2.24, 2.45) is 5.84 Å². The Morgan fingerprint density at radius 1 is 1.35 bits per heavy atom. The number of benzene rings is 1. The number of hydrogen-bond acceptors (Lipinski definition) is 3. The van der Waals surface area contributed by atoms with E-state index in [9.17, 15) is 0 Å². The van der Waals surface area contributed by atoms with Crippen molar-refractivity contribution in [3.8, 4) is 0 Å². The van der Waals surface area contributed by atoms with Crippen LogP contribution in [0.15, 0.2) is 41.3 Å². The number of nitrogens with one attached hydrogen (secondary N) is 1. The van der Waals surface area contributed by atoms with E-state index in [-0.39, 0.29) is 6.04 Å². The molecule has 3 N–H and O–H groups in total. The van der Waals surface area contributed by atoms with Crippen molar-refractivity contribution >= 4 is 11.8 Å². The molecule has 0 spiro atoms. The quantitative estimate of drug-likeness (QED) is 0.336. The number of nitrogens with two attached hydrogens (primary N) is 1. The molecule has 1 atom stereocenters. The minimum atomic E-state index is 0.170. The van der Waals surface area contributed by atoms with Crippen LogP contribution in [0.3, 0.4) is 0 Å². The van der Waals surface area contributed by atoms with E-state index in [1.807, 2.05) is 11.8 Å². The van der Waals surface area contributed by atoms with Crippen molar-refractivity contribution in [3.05, 3.63) is 42.0 Å². The maximum absolute atomic E-state index is 5.61. The van der Waals surface area contributed by atoms with Crippen LogP contribution in [-0.4, -0.2) is 5.75 Å². The molecule has 2 nitrogen and oxygen atoms in total. The van der Waals surface area contributed by atoms with Crippen molar-refractivity contribution in [3.63, 3.8) is 0 Å². The first-order valence-corrected chi connectivity index (χ1v) is 7.05. The van der Waals surface area contributed by atoms with Crippen molar-refractivity contribution in [2.75, 3.05) is 5.75 Å². The van der Waals surface area contributed by atoms with Gasteiger partial charge in [-0.15, -0.1) is 11.8 Å².